The van der Waals surface area contributed by atoms with Gasteiger partial charge in [0.1, 0.15) is 12.7 Å². The highest BCUT2D eigenvalue weighted by Crippen LogP contribution is 2.21. The number of ether oxygens (including phenoxy) is 1. The van der Waals surface area contributed by atoms with Crippen LogP contribution in [-0.2, 0) is 11.8 Å². The molecule has 4 heteroatoms. The molecule has 0 aliphatic rings. The fraction of sp³-hybridized carbons (Fsp3) is 0.294. The first kappa shape index (κ1) is 15.0. The number of carbonyl (C=O) groups is 1. The van der Waals surface area contributed by atoms with Crippen LogP contribution in [0.15, 0.2) is 24.5 Å². The van der Waals surface area contributed by atoms with Crippen LogP contribution in [-0.4, -0.2) is 17.6 Å². The monoisotopic (exact) mass is 285 g/mol. The van der Waals surface area contributed by atoms with Gasteiger partial charge in [-0.3, -0.25) is 0 Å². The molecule has 4 nitrogen and oxygen atoms in total. The summed E-state index contributed by atoms with van der Waals surface area (Å²) in [6, 6.07) is 4.08. The van der Waals surface area contributed by atoms with Gasteiger partial charge in [0.15, 0.2) is 12.4 Å². The minimum absolute atomic E-state index is 0.301. The van der Waals surface area contributed by atoms with E-state index in [1.807, 2.05) is 62.1 Å². The van der Waals surface area contributed by atoms with Crippen LogP contribution in [0.3, 0.4) is 0 Å². The van der Waals surface area contributed by atoms with Gasteiger partial charge in [-0.2, -0.15) is 0 Å². The van der Waals surface area contributed by atoms with Gasteiger partial charge in [-0.1, -0.05) is 12.2 Å². The first-order valence-electron chi connectivity index (χ1n) is 7.02. The van der Waals surface area contributed by atoms with Gasteiger partial charge >= 0.3 is 5.97 Å². The Morgan fingerprint density at radius 3 is 2.57 bits per heavy atom. The standard InChI is InChI=1S/C17H20N2O2/c1-5-21-17(20)16-12(2)15(13(3)18-16)7-6-14-8-10-19(4)11-9-14/h6-11H,5H2,1-4H3/p+1. The minimum atomic E-state index is -0.301. The molecule has 2 aromatic rings. The number of H-pyrrole nitrogens is 1. The van der Waals surface area contributed by atoms with E-state index < -0.39 is 0 Å². The molecule has 0 saturated carbocycles. The first-order chi connectivity index (χ1) is 10.0. The maximum atomic E-state index is 11.9. The lowest BCUT2D eigenvalue weighted by molar-refractivity contribution is -0.671. The number of pyridine rings is 1. The molecule has 0 fully saturated rings. The van der Waals surface area contributed by atoms with E-state index in [2.05, 4.69) is 4.98 Å². The summed E-state index contributed by atoms with van der Waals surface area (Å²) in [6.45, 7) is 6.07. The van der Waals surface area contributed by atoms with Crippen molar-refractivity contribution < 1.29 is 14.1 Å². The predicted octanol–water partition coefficient (Wildman–Crippen LogP) is 2.80. The summed E-state index contributed by atoms with van der Waals surface area (Å²) >= 11 is 0. The molecule has 0 saturated heterocycles. The Kier molecular flexibility index (Phi) is 4.58. The SMILES string of the molecule is CCOC(=O)c1[nH]c(C)c(/C=C/c2cc[n+](C)cc2)c1C. The van der Waals surface area contributed by atoms with Crippen molar-refractivity contribution >= 4 is 18.1 Å². The average molecular weight is 285 g/mol. The Labute approximate surface area is 125 Å². The van der Waals surface area contributed by atoms with Crippen molar-refractivity contribution in [3.8, 4) is 0 Å². The van der Waals surface area contributed by atoms with E-state index in [0.29, 0.717) is 12.3 Å². The van der Waals surface area contributed by atoms with Crippen LogP contribution in [0.1, 0.15) is 39.8 Å². The van der Waals surface area contributed by atoms with Crippen LogP contribution in [0.4, 0.5) is 0 Å². The number of hydrogen-bond acceptors (Lipinski definition) is 2. The molecule has 0 unspecified atom stereocenters. The van der Waals surface area contributed by atoms with Gasteiger partial charge in [0, 0.05) is 17.8 Å². The van der Waals surface area contributed by atoms with Gasteiger partial charge < -0.3 is 9.72 Å². The van der Waals surface area contributed by atoms with Crippen LogP contribution in [0.25, 0.3) is 12.2 Å². The Balaban J connectivity index is 2.28. The number of hydrogen-bond donors (Lipinski definition) is 1. The summed E-state index contributed by atoms with van der Waals surface area (Å²) in [6.07, 6.45) is 8.07. The first-order valence-corrected chi connectivity index (χ1v) is 7.02. The fourth-order valence-electron chi connectivity index (χ4n) is 2.23. The Bertz CT molecular complexity index is 667. The zero-order chi connectivity index (χ0) is 15.4. The largest absolute Gasteiger partial charge is 0.461 e. The van der Waals surface area contributed by atoms with Crippen molar-refractivity contribution in [1.29, 1.82) is 0 Å². The van der Waals surface area contributed by atoms with Gasteiger partial charge in [0.05, 0.1) is 6.61 Å². The third-order valence-electron chi connectivity index (χ3n) is 3.42. The highest BCUT2D eigenvalue weighted by molar-refractivity contribution is 5.91. The Hall–Kier alpha value is -2.36. The average Bonchev–Trinajstić information content (AvgIpc) is 2.74. The molecular formula is C17H21N2O2+. The summed E-state index contributed by atoms with van der Waals surface area (Å²) in [7, 11) is 1.99. The summed E-state index contributed by atoms with van der Waals surface area (Å²) in [5, 5.41) is 0. The van der Waals surface area contributed by atoms with Crippen molar-refractivity contribution in [3.63, 3.8) is 0 Å². The van der Waals surface area contributed by atoms with Crippen LogP contribution in [0.2, 0.25) is 0 Å². The number of aromatic amines is 1. The molecule has 0 atom stereocenters. The lowest BCUT2D eigenvalue weighted by Crippen LogP contribution is -2.25. The molecule has 0 amide bonds. The van der Waals surface area contributed by atoms with Crippen LogP contribution < -0.4 is 4.57 Å². The predicted molar refractivity (Wildman–Crippen MR) is 82.8 cm³/mol. The van der Waals surface area contributed by atoms with Crippen LogP contribution in [0.5, 0.6) is 0 Å². The van der Waals surface area contributed by atoms with Gasteiger partial charge in [-0.25, -0.2) is 9.36 Å². The highest BCUT2D eigenvalue weighted by atomic mass is 16.5. The molecule has 0 aromatic carbocycles. The van der Waals surface area contributed by atoms with E-state index >= 15 is 0 Å². The lowest BCUT2D eigenvalue weighted by atomic mass is 10.1. The van der Waals surface area contributed by atoms with Crippen LogP contribution in [0, 0.1) is 13.8 Å². The van der Waals surface area contributed by atoms with E-state index in [1.54, 1.807) is 6.92 Å². The molecular weight excluding hydrogens is 264 g/mol. The molecule has 0 bridgehead atoms. The van der Waals surface area contributed by atoms with Gasteiger partial charge in [-0.15, -0.1) is 0 Å². The van der Waals surface area contributed by atoms with Gasteiger partial charge in [0.25, 0.3) is 0 Å². The number of aryl methyl sites for hydroxylation is 2. The topological polar surface area (TPSA) is 46.0 Å². The molecule has 2 rings (SSSR count). The normalized spacial score (nSPS) is 11.0. The van der Waals surface area contributed by atoms with E-state index in [-0.39, 0.29) is 5.97 Å². The quantitative estimate of drug-likeness (QED) is 0.693. The Morgan fingerprint density at radius 1 is 1.29 bits per heavy atom. The highest BCUT2D eigenvalue weighted by Gasteiger charge is 2.16. The van der Waals surface area contributed by atoms with E-state index in [4.69, 9.17) is 4.74 Å². The molecule has 2 aromatic heterocycles. The molecule has 0 spiro atoms. The summed E-state index contributed by atoms with van der Waals surface area (Å²) < 4.78 is 7.05. The van der Waals surface area contributed by atoms with E-state index in [9.17, 15) is 4.79 Å². The molecule has 0 radical (unpaired) electrons. The van der Waals surface area contributed by atoms with Crippen molar-refractivity contribution in [1.82, 2.24) is 4.98 Å². The number of esters is 1. The minimum Gasteiger partial charge on any atom is -0.461 e. The Morgan fingerprint density at radius 2 is 1.95 bits per heavy atom. The second-order valence-electron chi connectivity index (χ2n) is 5.01. The summed E-state index contributed by atoms with van der Waals surface area (Å²) in [5.41, 5.74) is 4.57. The second kappa shape index (κ2) is 6.39. The number of carbonyl (C=O) groups excluding carboxylic acids is 1. The molecule has 1 N–H and O–H groups in total. The second-order valence-corrected chi connectivity index (χ2v) is 5.01. The van der Waals surface area contributed by atoms with Crippen molar-refractivity contribution in [2.75, 3.05) is 6.61 Å². The van der Waals surface area contributed by atoms with Gasteiger partial charge in [0.2, 0.25) is 0 Å². The smallest absolute Gasteiger partial charge is 0.355 e. The summed E-state index contributed by atoms with van der Waals surface area (Å²) in [4.78, 5) is 15.0. The zero-order valence-electron chi connectivity index (χ0n) is 12.9. The van der Waals surface area contributed by atoms with E-state index in [1.165, 1.54) is 0 Å². The van der Waals surface area contributed by atoms with E-state index in [0.717, 1.165) is 22.4 Å². The maximum Gasteiger partial charge on any atom is 0.355 e. The van der Waals surface area contributed by atoms with Crippen molar-refractivity contribution in [2.45, 2.75) is 20.8 Å². The fourth-order valence-corrected chi connectivity index (χ4v) is 2.23. The van der Waals surface area contributed by atoms with Crippen LogP contribution >= 0.6 is 0 Å². The summed E-state index contributed by atoms with van der Waals surface area (Å²) in [5.74, 6) is -0.301. The third-order valence-corrected chi connectivity index (χ3v) is 3.42. The molecule has 110 valence electrons. The molecule has 21 heavy (non-hydrogen) atoms. The van der Waals surface area contributed by atoms with Crippen molar-refractivity contribution in [3.05, 3.63) is 52.6 Å². The molecule has 0 aliphatic heterocycles. The number of nitrogens with one attached hydrogen (secondary N) is 1. The number of rotatable bonds is 4. The number of aromatic nitrogens is 2. The zero-order valence-corrected chi connectivity index (χ0v) is 12.9. The number of nitrogens with zero attached hydrogens (tertiary/aromatic N) is 1. The molecule has 0 aliphatic carbocycles. The van der Waals surface area contributed by atoms with Crippen molar-refractivity contribution in [2.24, 2.45) is 7.05 Å². The van der Waals surface area contributed by atoms with Gasteiger partial charge in [-0.05, 0) is 37.5 Å². The maximum absolute atomic E-state index is 11.9. The lowest BCUT2D eigenvalue weighted by Gasteiger charge is -2.00. The molecule has 2 heterocycles. The third kappa shape index (κ3) is 3.40.